The van der Waals surface area contributed by atoms with Crippen LogP contribution < -0.4 is 10.6 Å². The van der Waals surface area contributed by atoms with Crippen LogP contribution >= 0.6 is 0 Å². The summed E-state index contributed by atoms with van der Waals surface area (Å²) in [6, 6.07) is 10.7. The molecule has 2 rings (SSSR count). The number of alkyl carbamates (subject to hydrolysis) is 1. The van der Waals surface area contributed by atoms with Gasteiger partial charge in [-0.1, -0.05) is 37.3 Å². The summed E-state index contributed by atoms with van der Waals surface area (Å²) in [5.74, 6) is 0. The molecule has 0 saturated heterocycles. The van der Waals surface area contributed by atoms with Gasteiger partial charge in [0.2, 0.25) is 0 Å². The van der Waals surface area contributed by atoms with Crippen LogP contribution in [0.1, 0.15) is 59.1 Å². The average molecular weight is 348 g/mol. The molecule has 1 aliphatic carbocycles. The van der Waals surface area contributed by atoms with E-state index in [1.165, 1.54) is 5.56 Å². The molecular formula is C20H32N2O3. The molecular weight excluding hydrogens is 316 g/mol. The van der Waals surface area contributed by atoms with Crippen molar-refractivity contribution in [2.45, 2.75) is 77.3 Å². The minimum atomic E-state index is -0.494. The Balaban J connectivity index is 2.00. The van der Waals surface area contributed by atoms with Gasteiger partial charge in [0, 0.05) is 12.6 Å². The summed E-state index contributed by atoms with van der Waals surface area (Å²) in [4.78, 5) is 12.1. The Kier molecular flexibility index (Phi) is 6.85. The predicted octanol–water partition coefficient (Wildman–Crippen LogP) is 3.80. The molecule has 140 valence electrons. The number of carbonyl (C=O) groups is 1. The Labute approximate surface area is 151 Å². The van der Waals surface area contributed by atoms with E-state index in [0.29, 0.717) is 6.61 Å². The average Bonchev–Trinajstić information content (AvgIpc) is 2.53. The van der Waals surface area contributed by atoms with Crippen LogP contribution in [0.2, 0.25) is 0 Å². The molecule has 2 N–H and O–H groups in total. The molecule has 1 aliphatic rings. The number of carbonyl (C=O) groups excluding carboxylic acids is 1. The van der Waals surface area contributed by atoms with Gasteiger partial charge in [0.05, 0.1) is 18.2 Å². The van der Waals surface area contributed by atoms with Crippen LogP contribution in [0.15, 0.2) is 30.3 Å². The number of hydrogen-bond acceptors (Lipinski definition) is 4. The molecule has 1 aromatic carbocycles. The van der Waals surface area contributed by atoms with Gasteiger partial charge in [-0.3, -0.25) is 0 Å². The predicted molar refractivity (Wildman–Crippen MR) is 99.6 cm³/mol. The highest BCUT2D eigenvalue weighted by Crippen LogP contribution is 2.28. The molecule has 5 nitrogen and oxygen atoms in total. The van der Waals surface area contributed by atoms with Gasteiger partial charge in [-0.15, -0.1) is 0 Å². The summed E-state index contributed by atoms with van der Waals surface area (Å²) in [5.41, 5.74) is 0.759. The summed E-state index contributed by atoms with van der Waals surface area (Å²) in [6.07, 6.45) is 1.52. The van der Waals surface area contributed by atoms with Crippen molar-refractivity contribution in [1.82, 2.24) is 10.6 Å². The molecule has 4 unspecified atom stereocenters. The zero-order valence-electron chi connectivity index (χ0n) is 16.0. The van der Waals surface area contributed by atoms with Crippen molar-refractivity contribution in [3.63, 3.8) is 0 Å². The number of amides is 1. The quantitative estimate of drug-likeness (QED) is 0.787. The van der Waals surface area contributed by atoms with E-state index < -0.39 is 5.60 Å². The van der Waals surface area contributed by atoms with Crippen LogP contribution in [0, 0.1) is 0 Å². The van der Waals surface area contributed by atoms with Crippen LogP contribution in [-0.4, -0.2) is 36.5 Å². The largest absolute Gasteiger partial charge is 0.444 e. The first-order chi connectivity index (χ1) is 11.8. The fraction of sp³-hybridized carbons (Fsp3) is 0.650. The van der Waals surface area contributed by atoms with Crippen molar-refractivity contribution >= 4 is 6.09 Å². The number of rotatable bonds is 7. The second kappa shape index (κ2) is 8.68. The fourth-order valence-corrected chi connectivity index (χ4v) is 3.19. The molecule has 1 amide bonds. The first kappa shape index (κ1) is 19.7. The third-order valence-electron chi connectivity index (χ3n) is 4.41. The number of hydrogen-bond donors (Lipinski definition) is 2. The summed E-state index contributed by atoms with van der Waals surface area (Å²) >= 11 is 0. The summed E-state index contributed by atoms with van der Waals surface area (Å²) in [7, 11) is 0. The van der Waals surface area contributed by atoms with E-state index in [1.807, 2.05) is 33.8 Å². The lowest BCUT2D eigenvalue weighted by Crippen LogP contribution is -2.66. The first-order valence-corrected chi connectivity index (χ1v) is 9.26. The van der Waals surface area contributed by atoms with Gasteiger partial charge in [0.25, 0.3) is 0 Å². The summed E-state index contributed by atoms with van der Waals surface area (Å²) < 4.78 is 11.2. The van der Waals surface area contributed by atoms with Crippen molar-refractivity contribution in [1.29, 1.82) is 0 Å². The van der Waals surface area contributed by atoms with Crippen molar-refractivity contribution in [2.75, 3.05) is 6.61 Å². The molecule has 1 aromatic rings. The molecule has 1 saturated carbocycles. The SMILES string of the molecule is CCOC1CC(NC(=O)OC(C)(C)C)C1NC(CC)c1ccccc1. The molecule has 0 spiro atoms. The third kappa shape index (κ3) is 5.72. The van der Waals surface area contributed by atoms with Gasteiger partial charge >= 0.3 is 6.09 Å². The molecule has 0 heterocycles. The number of benzene rings is 1. The third-order valence-corrected chi connectivity index (χ3v) is 4.41. The second-order valence-corrected chi connectivity index (χ2v) is 7.55. The molecule has 4 atom stereocenters. The molecule has 0 bridgehead atoms. The highest BCUT2D eigenvalue weighted by Gasteiger charge is 2.44. The van der Waals surface area contributed by atoms with E-state index >= 15 is 0 Å². The summed E-state index contributed by atoms with van der Waals surface area (Å²) in [6.45, 7) is 10.4. The van der Waals surface area contributed by atoms with Gasteiger partial charge in [0.1, 0.15) is 5.60 Å². The van der Waals surface area contributed by atoms with Crippen LogP contribution in [-0.2, 0) is 9.47 Å². The maximum Gasteiger partial charge on any atom is 0.407 e. The Morgan fingerprint density at radius 2 is 1.92 bits per heavy atom. The highest BCUT2D eigenvalue weighted by molar-refractivity contribution is 5.68. The minimum Gasteiger partial charge on any atom is -0.444 e. The van der Waals surface area contributed by atoms with E-state index in [1.54, 1.807) is 0 Å². The van der Waals surface area contributed by atoms with E-state index in [2.05, 4.69) is 41.8 Å². The zero-order valence-corrected chi connectivity index (χ0v) is 16.0. The maximum absolute atomic E-state index is 12.1. The Morgan fingerprint density at radius 1 is 1.24 bits per heavy atom. The topological polar surface area (TPSA) is 59.6 Å². The lowest BCUT2D eigenvalue weighted by molar-refractivity contribution is -0.0469. The number of ether oxygens (including phenoxy) is 2. The van der Waals surface area contributed by atoms with Gasteiger partial charge in [-0.05, 0) is 46.1 Å². The Hall–Kier alpha value is -1.59. The highest BCUT2D eigenvalue weighted by atomic mass is 16.6. The zero-order chi connectivity index (χ0) is 18.4. The monoisotopic (exact) mass is 348 g/mol. The molecule has 0 radical (unpaired) electrons. The van der Waals surface area contributed by atoms with Gasteiger partial charge in [-0.25, -0.2) is 4.79 Å². The molecule has 5 heteroatoms. The lowest BCUT2D eigenvalue weighted by atomic mass is 9.81. The molecule has 0 aromatic heterocycles. The summed E-state index contributed by atoms with van der Waals surface area (Å²) in [5, 5.41) is 6.67. The van der Waals surface area contributed by atoms with E-state index in [0.717, 1.165) is 12.8 Å². The Bertz CT molecular complexity index is 542. The van der Waals surface area contributed by atoms with E-state index in [4.69, 9.17) is 9.47 Å². The van der Waals surface area contributed by atoms with Crippen LogP contribution in [0.4, 0.5) is 4.79 Å². The van der Waals surface area contributed by atoms with Crippen LogP contribution in [0.5, 0.6) is 0 Å². The van der Waals surface area contributed by atoms with Crippen LogP contribution in [0.3, 0.4) is 0 Å². The van der Waals surface area contributed by atoms with Gasteiger partial charge in [0.15, 0.2) is 0 Å². The van der Waals surface area contributed by atoms with Crippen molar-refractivity contribution in [2.24, 2.45) is 0 Å². The molecule has 25 heavy (non-hydrogen) atoms. The molecule has 1 fully saturated rings. The lowest BCUT2D eigenvalue weighted by Gasteiger charge is -2.46. The van der Waals surface area contributed by atoms with E-state index in [9.17, 15) is 4.79 Å². The first-order valence-electron chi connectivity index (χ1n) is 9.26. The Morgan fingerprint density at radius 3 is 2.48 bits per heavy atom. The van der Waals surface area contributed by atoms with Gasteiger partial charge in [-0.2, -0.15) is 0 Å². The van der Waals surface area contributed by atoms with Crippen LogP contribution in [0.25, 0.3) is 0 Å². The smallest absolute Gasteiger partial charge is 0.407 e. The number of nitrogens with one attached hydrogen (secondary N) is 2. The van der Waals surface area contributed by atoms with Crippen molar-refractivity contribution < 1.29 is 14.3 Å². The maximum atomic E-state index is 12.1. The van der Waals surface area contributed by atoms with Gasteiger partial charge < -0.3 is 20.1 Å². The second-order valence-electron chi connectivity index (χ2n) is 7.55. The molecule has 0 aliphatic heterocycles. The van der Waals surface area contributed by atoms with Crippen molar-refractivity contribution in [3.8, 4) is 0 Å². The standard InChI is InChI=1S/C20H32N2O3/c1-6-15(14-11-9-8-10-12-14)21-18-16(13-17(18)24-7-2)22-19(23)25-20(3,4)5/h8-12,15-18,21H,6-7,13H2,1-5H3,(H,22,23). The fourth-order valence-electron chi connectivity index (χ4n) is 3.19. The normalized spacial score (nSPS) is 24.3. The van der Waals surface area contributed by atoms with Crippen molar-refractivity contribution in [3.05, 3.63) is 35.9 Å². The minimum absolute atomic E-state index is 0.0177. The van der Waals surface area contributed by atoms with E-state index in [-0.39, 0.29) is 30.3 Å².